The maximum Gasteiger partial charge on any atom is 0.0901 e. The van der Waals surface area contributed by atoms with Gasteiger partial charge in [-0.15, -0.1) is 0 Å². The smallest absolute Gasteiger partial charge is 0.0901 e. The van der Waals surface area contributed by atoms with Gasteiger partial charge in [-0.2, -0.15) is 0 Å². The van der Waals surface area contributed by atoms with Crippen LogP contribution in [0.4, 0.5) is 0 Å². The van der Waals surface area contributed by atoms with Gasteiger partial charge in [-0.05, 0) is 17.7 Å². The molecule has 0 aliphatic heterocycles. The second-order valence-electron chi connectivity index (χ2n) is 3.31. The molecule has 80 valence electrons. The van der Waals surface area contributed by atoms with Gasteiger partial charge in [0.05, 0.1) is 17.6 Å². The van der Waals surface area contributed by atoms with Crippen molar-refractivity contribution in [3.63, 3.8) is 0 Å². The number of benzene rings is 1. The van der Waals surface area contributed by atoms with E-state index in [1.807, 2.05) is 47.0 Å². The molecule has 3 nitrogen and oxygen atoms in total. The first kappa shape index (κ1) is 10.2. The fraction of sp³-hybridized carbons (Fsp3) is 0. The summed E-state index contributed by atoms with van der Waals surface area (Å²) in [6.07, 6.45) is 3.08. The minimum absolute atomic E-state index is 0.788. The SMILES string of the molecule is C=Cn1c(C=NO)ccc1-c1ccccc1. The first-order valence-electron chi connectivity index (χ1n) is 4.93. The Bertz CT molecular complexity index is 512. The summed E-state index contributed by atoms with van der Waals surface area (Å²) in [5.74, 6) is 0. The van der Waals surface area contributed by atoms with Gasteiger partial charge in [0.1, 0.15) is 0 Å². The minimum Gasteiger partial charge on any atom is -0.411 e. The Kier molecular flexibility index (Phi) is 2.87. The topological polar surface area (TPSA) is 37.5 Å². The third-order valence-corrected chi connectivity index (χ3v) is 2.39. The van der Waals surface area contributed by atoms with E-state index in [1.54, 1.807) is 6.20 Å². The predicted octanol–water partition coefficient (Wildman–Crippen LogP) is 3.06. The van der Waals surface area contributed by atoms with Crippen molar-refractivity contribution in [2.75, 3.05) is 0 Å². The van der Waals surface area contributed by atoms with Crippen LogP contribution in [0.5, 0.6) is 0 Å². The second-order valence-corrected chi connectivity index (χ2v) is 3.31. The van der Waals surface area contributed by atoms with Gasteiger partial charge < -0.3 is 9.77 Å². The van der Waals surface area contributed by atoms with Crippen LogP contribution in [-0.4, -0.2) is 16.0 Å². The van der Waals surface area contributed by atoms with E-state index in [2.05, 4.69) is 11.7 Å². The largest absolute Gasteiger partial charge is 0.411 e. The molecule has 0 radical (unpaired) electrons. The third kappa shape index (κ3) is 1.75. The quantitative estimate of drug-likeness (QED) is 0.474. The summed E-state index contributed by atoms with van der Waals surface area (Å²) < 4.78 is 1.87. The van der Waals surface area contributed by atoms with Crippen LogP contribution in [0, 0.1) is 0 Å². The molecule has 1 aromatic heterocycles. The highest BCUT2D eigenvalue weighted by Gasteiger charge is 2.05. The van der Waals surface area contributed by atoms with Crippen molar-refractivity contribution < 1.29 is 5.21 Å². The molecule has 2 aromatic rings. The molecule has 0 amide bonds. The Morgan fingerprint density at radius 2 is 1.88 bits per heavy atom. The zero-order chi connectivity index (χ0) is 11.4. The summed E-state index contributed by atoms with van der Waals surface area (Å²) >= 11 is 0. The van der Waals surface area contributed by atoms with Crippen molar-refractivity contribution in [1.29, 1.82) is 0 Å². The Morgan fingerprint density at radius 3 is 2.50 bits per heavy atom. The van der Waals surface area contributed by atoms with Crippen molar-refractivity contribution in [2.45, 2.75) is 0 Å². The van der Waals surface area contributed by atoms with Gasteiger partial charge in [0.15, 0.2) is 0 Å². The number of nitrogens with zero attached hydrogens (tertiary/aromatic N) is 2. The van der Waals surface area contributed by atoms with Crippen molar-refractivity contribution in [3.05, 3.63) is 54.7 Å². The first-order chi connectivity index (χ1) is 7.86. The highest BCUT2D eigenvalue weighted by Crippen LogP contribution is 2.21. The number of hydrogen-bond donors (Lipinski definition) is 1. The molecule has 16 heavy (non-hydrogen) atoms. The molecule has 1 N–H and O–H groups in total. The molecular weight excluding hydrogens is 200 g/mol. The van der Waals surface area contributed by atoms with E-state index < -0.39 is 0 Å². The molecule has 0 unspecified atom stereocenters. The van der Waals surface area contributed by atoms with Crippen LogP contribution >= 0.6 is 0 Å². The third-order valence-electron chi connectivity index (χ3n) is 2.39. The lowest BCUT2D eigenvalue weighted by molar-refractivity contribution is 0.321. The van der Waals surface area contributed by atoms with E-state index in [1.165, 1.54) is 6.21 Å². The van der Waals surface area contributed by atoms with Gasteiger partial charge in [0.2, 0.25) is 0 Å². The van der Waals surface area contributed by atoms with Crippen LogP contribution < -0.4 is 0 Å². The molecule has 3 heteroatoms. The molecule has 0 aliphatic rings. The van der Waals surface area contributed by atoms with Gasteiger partial charge in [-0.3, -0.25) is 0 Å². The van der Waals surface area contributed by atoms with Crippen molar-refractivity contribution in [3.8, 4) is 11.3 Å². The van der Waals surface area contributed by atoms with E-state index in [0.29, 0.717) is 0 Å². The number of hydrogen-bond acceptors (Lipinski definition) is 2. The van der Waals surface area contributed by atoms with E-state index in [0.717, 1.165) is 17.0 Å². The number of rotatable bonds is 3. The Labute approximate surface area is 94.0 Å². The highest BCUT2D eigenvalue weighted by atomic mass is 16.4. The van der Waals surface area contributed by atoms with Gasteiger partial charge >= 0.3 is 0 Å². The van der Waals surface area contributed by atoms with Crippen molar-refractivity contribution in [1.82, 2.24) is 4.57 Å². The molecule has 0 saturated heterocycles. The Balaban J connectivity index is 2.54. The van der Waals surface area contributed by atoms with E-state index in [4.69, 9.17) is 5.21 Å². The monoisotopic (exact) mass is 212 g/mol. The van der Waals surface area contributed by atoms with Gasteiger partial charge in [0, 0.05) is 6.20 Å². The zero-order valence-corrected chi connectivity index (χ0v) is 8.74. The lowest BCUT2D eigenvalue weighted by Gasteiger charge is -2.05. The lowest BCUT2D eigenvalue weighted by atomic mass is 10.1. The van der Waals surface area contributed by atoms with Crippen LogP contribution in [0.3, 0.4) is 0 Å². The van der Waals surface area contributed by atoms with Crippen molar-refractivity contribution >= 4 is 12.4 Å². The molecule has 0 bridgehead atoms. The minimum atomic E-state index is 0.788. The van der Waals surface area contributed by atoms with Crippen molar-refractivity contribution in [2.24, 2.45) is 5.16 Å². The normalized spacial score (nSPS) is 10.8. The molecule has 1 heterocycles. The van der Waals surface area contributed by atoms with E-state index in [9.17, 15) is 0 Å². The first-order valence-corrected chi connectivity index (χ1v) is 4.93. The fourth-order valence-electron chi connectivity index (χ4n) is 1.68. The number of aromatic nitrogens is 1. The zero-order valence-electron chi connectivity index (χ0n) is 8.74. The standard InChI is InChI=1S/C13H12N2O/c1-2-15-12(10-14-16)8-9-13(15)11-6-4-3-5-7-11/h2-10,16H,1H2. The van der Waals surface area contributed by atoms with Crippen LogP contribution in [-0.2, 0) is 0 Å². The van der Waals surface area contributed by atoms with Crippen LogP contribution in [0.1, 0.15) is 5.69 Å². The summed E-state index contributed by atoms with van der Waals surface area (Å²) in [6.45, 7) is 3.75. The molecule has 0 atom stereocenters. The maximum atomic E-state index is 8.54. The maximum absolute atomic E-state index is 8.54. The summed E-state index contributed by atoms with van der Waals surface area (Å²) in [4.78, 5) is 0. The summed E-state index contributed by atoms with van der Waals surface area (Å²) in [7, 11) is 0. The predicted molar refractivity (Wildman–Crippen MR) is 65.6 cm³/mol. The molecule has 0 aliphatic carbocycles. The van der Waals surface area contributed by atoms with Gasteiger partial charge in [-0.25, -0.2) is 0 Å². The average Bonchev–Trinajstić information content (AvgIpc) is 2.73. The second kappa shape index (κ2) is 4.49. The van der Waals surface area contributed by atoms with Gasteiger partial charge in [-0.1, -0.05) is 42.1 Å². The molecule has 0 saturated carbocycles. The summed E-state index contributed by atoms with van der Waals surface area (Å²) in [5, 5.41) is 11.6. The average molecular weight is 212 g/mol. The Hall–Kier alpha value is -2.29. The molecule has 0 spiro atoms. The van der Waals surface area contributed by atoms with E-state index >= 15 is 0 Å². The molecule has 2 rings (SSSR count). The lowest BCUT2D eigenvalue weighted by Crippen LogP contribution is -1.95. The highest BCUT2D eigenvalue weighted by molar-refractivity contribution is 5.81. The van der Waals surface area contributed by atoms with E-state index in [-0.39, 0.29) is 0 Å². The molecule has 0 fully saturated rings. The number of oxime groups is 1. The van der Waals surface area contributed by atoms with Crippen LogP contribution in [0.15, 0.2) is 54.2 Å². The Morgan fingerprint density at radius 1 is 1.12 bits per heavy atom. The van der Waals surface area contributed by atoms with Gasteiger partial charge in [0.25, 0.3) is 0 Å². The molecular formula is C13H12N2O. The summed E-state index contributed by atoms with van der Waals surface area (Å²) in [5.41, 5.74) is 2.90. The fourth-order valence-corrected chi connectivity index (χ4v) is 1.68. The van der Waals surface area contributed by atoms with Crippen LogP contribution in [0.2, 0.25) is 0 Å². The molecule has 1 aromatic carbocycles. The summed E-state index contributed by atoms with van der Waals surface area (Å²) in [6, 6.07) is 13.8. The van der Waals surface area contributed by atoms with Crippen LogP contribution in [0.25, 0.3) is 17.5 Å².